The number of hydrogen-bond donors (Lipinski definition) is 1. The summed E-state index contributed by atoms with van der Waals surface area (Å²) in [6.07, 6.45) is 0. The van der Waals surface area contributed by atoms with Gasteiger partial charge in [0.1, 0.15) is 18.3 Å². The summed E-state index contributed by atoms with van der Waals surface area (Å²) < 4.78 is 5.33. The van der Waals surface area contributed by atoms with Crippen molar-refractivity contribution in [3.63, 3.8) is 0 Å². The highest BCUT2D eigenvalue weighted by molar-refractivity contribution is 6.30. The average Bonchev–Trinajstić information content (AvgIpc) is 2.33. The van der Waals surface area contributed by atoms with Crippen LogP contribution >= 0.6 is 11.6 Å². The molecule has 0 saturated carbocycles. The highest BCUT2D eigenvalue weighted by Gasteiger charge is 2.41. The fourth-order valence-electron chi connectivity index (χ4n) is 2.13. The molecule has 0 bridgehead atoms. The third-order valence-electron chi connectivity index (χ3n) is 3.01. The lowest BCUT2D eigenvalue weighted by Gasteiger charge is -2.48. The lowest BCUT2D eigenvalue weighted by atomic mass is 9.94. The number of aliphatic carboxylic acids is 1. The van der Waals surface area contributed by atoms with E-state index in [1.54, 1.807) is 18.2 Å². The maximum absolute atomic E-state index is 10.5. The minimum Gasteiger partial charge on any atom is -0.480 e. The zero-order chi connectivity index (χ0) is 14.0. The van der Waals surface area contributed by atoms with Crippen molar-refractivity contribution in [2.24, 2.45) is 0 Å². The predicted octanol–water partition coefficient (Wildman–Crippen LogP) is 1.89. The van der Waals surface area contributed by atoms with E-state index >= 15 is 0 Å². The van der Waals surface area contributed by atoms with Crippen LogP contribution < -0.4 is 4.90 Å². The van der Waals surface area contributed by atoms with E-state index in [0.717, 1.165) is 5.69 Å². The van der Waals surface area contributed by atoms with Crippen LogP contribution in [0, 0.1) is 11.3 Å². The standard InChI is InChI=1S/C13H13ClN2O3/c1-13(19-6-12(17)18)7-16(8-13)11-3-2-10(14)4-9(11)5-15/h2-4H,6-8H2,1H3,(H,17,18). The molecule has 1 aromatic rings. The van der Waals surface area contributed by atoms with Crippen molar-refractivity contribution < 1.29 is 14.6 Å². The zero-order valence-corrected chi connectivity index (χ0v) is 11.1. The molecule has 1 saturated heterocycles. The van der Waals surface area contributed by atoms with Gasteiger partial charge in [-0.05, 0) is 25.1 Å². The number of ether oxygens (including phenoxy) is 1. The maximum Gasteiger partial charge on any atom is 0.329 e. The summed E-state index contributed by atoms with van der Waals surface area (Å²) in [4.78, 5) is 12.4. The fraction of sp³-hybridized carbons (Fsp3) is 0.385. The van der Waals surface area contributed by atoms with Crippen molar-refractivity contribution in [2.75, 3.05) is 24.6 Å². The van der Waals surface area contributed by atoms with E-state index in [2.05, 4.69) is 6.07 Å². The first-order valence-electron chi connectivity index (χ1n) is 5.74. The van der Waals surface area contributed by atoms with Crippen LogP contribution in [0.3, 0.4) is 0 Å². The van der Waals surface area contributed by atoms with Gasteiger partial charge in [-0.15, -0.1) is 0 Å². The second-order valence-electron chi connectivity index (χ2n) is 4.76. The Morgan fingerprint density at radius 2 is 2.32 bits per heavy atom. The van der Waals surface area contributed by atoms with Gasteiger partial charge in [-0.3, -0.25) is 0 Å². The topological polar surface area (TPSA) is 73.6 Å². The number of rotatable bonds is 4. The average molecular weight is 281 g/mol. The maximum atomic E-state index is 10.5. The van der Waals surface area contributed by atoms with Gasteiger partial charge in [0.2, 0.25) is 0 Å². The number of benzene rings is 1. The zero-order valence-electron chi connectivity index (χ0n) is 10.4. The molecule has 1 aliphatic heterocycles. The summed E-state index contributed by atoms with van der Waals surface area (Å²) in [7, 11) is 0. The monoisotopic (exact) mass is 280 g/mol. The van der Waals surface area contributed by atoms with Crippen LogP contribution in [0.2, 0.25) is 5.02 Å². The molecular formula is C13H13ClN2O3. The first-order valence-corrected chi connectivity index (χ1v) is 6.12. The van der Waals surface area contributed by atoms with Gasteiger partial charge in [-0.1, -0.05) is 11.6 Å². The third kappa shape index (κ3) is 2.98. The smallest absolute Gasteiger partial charge is 0.329 e. The van der Waals surface area contributed by atoms with Crippen molar-refractivity contribution in [2.45, 2.75) is 12.5 Å². The fourth-order valence-corrected chi connectivity index (χ4v) is 2.30. The molecule has 1 N–H and O–H groups in total. The van der Waals surface area contributed by atoms with E-state index in [-0.39, 0.29) is 6.61 Å². The SMILES string of the molecule is CC1(OCC(=O)O)CN(c2ccc(Cl)cc2C#N)C1. The number of nitriles is 1. The van der Waals surface area contributed by atoms with Gasteiger partial charge in [0.05, 0.1) is 11.3 Å². The summed E-state index contributed by atoms with van der Waals surface area (Å²) in [6, 6.07) is 7.23. The lowest BCUT2D eigenvalue weighted by Crippen LogP contribution is -2.62. The molecule has 1 aromatic carbocycles. The number of anilines is 1. The van der Waals surface area contributed by atoms with Crippen LogP contribution in [-0.2, 0) is 9.53 Å². The lowest BCUT2D eigenvalue weighted by molar-refractivity contribution is -0.150. The highest BCUT2D eigenvalue weighted by atomic mass is 35.5. The molecule has 0 aromatic heterocycles. The summed E-state index contributed by atoms with van der Waals surface area (Å²) in [5.41, 5.74) is 0.821. The molecule has 5 nitrogen and oxygen atoms in total. The Morgan fingerprint density at radius 1 is 1.63 bits per heavy atom. The Labute approximate surface area is 116 Å². The number of carbonyl (C=O) groups is 1. The van der Waals surface area contributed by atoms with E-state index in [1.165, 1.54) is 0 Å². The van der Waals surface area contributed by atoms with Gasteiger partial charge in [-0.25, -0.2) is 4.79 Å². The molecule has 0 spiro atoms. The Kier molecular flexibility index (Phi) is 3.65. The molecular weight excluding hydrogens is 268 g/mol. The molecule has 100 valence electrons. The van der Waals surface area contributed by atoms with Crippen LogP contribution in [0.5, 0.6) is 0 Å². The van der Waals surface area contributed by atoms with Crippen LogP contribution in [0.15, 0.2) is 18.2 Å². The van der Waals surface area contributed by atoms with E-state index in [9.17, 15) is 4.79 Å². The van der Waals surface area contributed by atoms with Crippen LogP contribution in [0.1, 0.15) is 12.5 Å². The largest absolute Gasteiger partial charge is 0.480 e. The molecule has 6 heteroatoms. The second-order valence-corrected chi connectivity index (χ2v) is 5.20. The molecule has 0 unspecified atom stereocenters. The summed E-state index contributed by atoms with van der Waals surface area (Å²) in [5, 5.41) is 18.2. The number of halogens is 1. The first kappa shape index (κ1) is 13.7. The minimum absolute atomic E-state index is 0.309. The van der Waals surface area contributed by atoms with Gasteiger partial charge >= 0.3 is 5.97 Å². The van der Waals surface area contributed by atoms with Crippen LogP contribution in [0.4, 0.5) is 5.69 Å². The van der Waals surface area contributed by atoms with E-state index in [0.29, 0.717) is 23.7 Å². The molecule has 2 rings (SSSR count). The van der Waals surface area contributed by atoms with Crippen molar-refractivity contribution in [3.8, 4) is 6.07 Å². The van der Waals surface area contributed by atoms with Gasteiger partial charge in [0, 0.05) is 18.1 Å². The molecule has 1 fully saturated rings. The Morgan fingerprint density at radius 3 is 2.89 bits per heavy atom. The van der Waals surface area contributed by atoms with Crippen LogP contribution in [0.25, 0.3) is 0 Å². The summed E-state index contributed by atoms with van der Waals surface area (Å²) in [5.74, 6) is -0.983. The number of nitrogens with zero attached hydrogens (tertiary/aromatic N) is 2. The molecule has 0 aliphatic carbocycles. The van der Waals surface area contributed by atoms with E-state index < -0.39 is 11.6 Å². The van der Waals surface area contributed by atoms with Gasteiger partial charge in [0.25, 0.3) is 0 Å². The minimum atomic E-state index is -0.983. The van der Waals surface area contributed by atoms with Crippen LogP contribution in [-0.4, -0.2) is 36.4 Å². The Balaban J connectivity index is 2.04. The summed E-state index contributed by atoms with van der Waals surface area (Å²) >= 11 is 5.84. The predicted molar refractivity (Wildman–Crippen MR) is 70.4 cm³/mol. The molecule has 0 atom stereocenters. The van der Waals surface area contributed by atoms with Crippen molar-refractivity contribution in [3.05, 3.63) is 28.8 Å². The molecule has 19 heavy (non-hydrogen) atoms. The number of carboxylic acids is 1. The van der Waals surface area contributed by atoms with Gasteiger partial charge in [-0.2, -0.15) is 5.26 Å². The van der Waals surface area contributed by atoms with E-state index in [1.807, 2.05) is 11.8 Å². The van der Waals surface area contributed by atoms with Crippen molar-refractivity contribution >= 4 is 23.3 Å². The summed E-state index contributed by atoms with van der Waals surface area (Å²) in [6.45, 7) is 2.65. The van der Waals surface area contributed by atoms with E-state index in [4.69, 9.17) is 26.7 Å². The van der Waals surface area contributed by atoms with Crippen molar-refractivity contribution in [1.82, 2.24) is 0 Å². The highest BCUT2D eigenvalue weighted by Crippen LogP contribution is 2.33. The normalized spacial score (nSPS) is 16.6. The number of carboxylic acid groups (broad SMARTS) is 1. The van der Waals surface area contributed by atoms with Gasteiger partial charge in [0.15, 0.2) is 0 Å². The number of hydrogen-bond acceptors (Lipinski definition) is 4. The molecule has 1 aliphatic rings. The Hall–Kier alpha value is -1.77. The Bertz CT molecular complexity index is 547. The van der Waals surface area contributed by atoms with Crippen molar-refractivity contribution in [1.29, 1.82) is 5.26 Å². The second kappa shape index (κ2) is 5.08. The quantitative estimate of drug-likeness (QED) is 0.912. The molecule has 1 heterocycles. The first-order chi connectivity index (χ1) is 8.93. The third-order valence-corrected chi connectivity index (χ3v) is 3.25. The molecule has 0 radical (unpaired) electrons. The van der Waals surface area contributed by atoms with Gasteiger partial charge < -0.3 is 14.7 Å². The molecule has 0 amide bonds.